The first kappa shape index (κ1) is 16.8. The number of rotatable bonds is 7. The number of benzene rings is 1. The lowest BCUT2D eigenvalue weighted by Gasteiger charge is -2.15. The molecule has 0 amide bonds. The van der Waals surface area contributed by atoms with E-state index in [1.807, 2.05) is 32.9 Å². The van der Waals surface area contributed by atoms with E-state index in [2.05, 4.69) is 10.1 Å². The van der Waals surface area contributed by atoms with E-state index < -0.39 is 13.0 Å². The number of halogens is 3. The molecule has 0 aliphatic heterocycles. The second-order valence-electron chi connectivity index (χ2n) is 4.48. The Balaban J connectivity index is 2.58. The molecule has 0 saturated carbocycles. The minimum Gasteiger partial charge on any atom is -0.491 e. The molecule has 0 radical (unpaired) electrons. The number of ether oxygens (including phenoxy) is 2. The van der Waals surface area contributed by atoms with Crippen molar-refractivity contribution in [3.05, 3.63) is 28.8 Å². The van der Waals surface area contributed by atoms with E-state index in [4.69, 9.17) is 4.74 Å². The molecule has 20 heavy (non-hydrogen) atoms. The second-order valence-corrected chi connectivity index (χ2v) is 4.48. The van der Waals surface area contributed by atoms with Crippen molar-refractivity contribution in [3.63, 3.8) is 0 Å². The fourth-order valence-corrected chi connectivity index (χ4v) is 1.94. The van der Waals surface area contributed by atoms with Crippen molar-refractivity contribution < 1.29 is 22.6 Å². The summed E-state index contributed by atoms with van der Waals surface area (Å²) in [5.41, 5.74) is 2.94. The molecule has 1 aromatic rings. The maximum absolute atomic E-state index is 11.8. The van der Waals surface area contributed by atoms with Crippen LogP contribution in [0.3, 0.4) is 0 Å². The second kappa shape index (κ2) is 7.50. The lowest BCUT2D eigenvalue weighted by atomic mass is 10.1. The Morgan fingerprint density at radius 2 is 1.70 bits per heavy atom. The van der Waals surface area contributed by atoms with Gasteiger partial charge in [-0.1, -0.05) is 19.1 Å². The van der Waals surface area contributed by atoms with E-state index in [0.717, 1.165) is 29.8 Å². The molecule has 1 aromatic carbocycles. The lowest BCUT2D eigenvalue weighted by Crippen LogP contribution is -2.18. The first-order valence-corrected chi connectivity index (χ1v) is 6.48. The number of aryl methyl sites for hydroxylation is 2. The molecule has 0 aliphatic rings. The first-order valence-electron chi connectivity index (χ1n) is 6.48. The molecule has 0 aromatic heterocycles. The van der Waals surface area contributed by atoms with E-state index in [1.54, 1.807) is 0 Å². The molecule has 6 heteroatoms. The Morgan fingerprint density at radius 3 is 2.20 bits per heavy atom. The largest absolute Gasteiger partial charge is 0.522 e. The fourth-order valence-electron chi connectivity index (χ4n) is 1.94. The third-order valence-corrected chi connectivity index (χ3v) is 2.69. The van der Waals surface area contributed by atoms with Crippen LogP contribution in [0.4, 0.5) is 13.2 Å². The topological polar surface area (TPSA) is 30.5 Å². The van der Waals surface area contributed by atoms with Crippen LogP contribution in [0.25, 0.3) is 0 Å². The van der Waals surface area contributed by atoms with E-state index in [0.29, 0.717) is 5.75 Å². The molecule has 0 atom stereocenters. The van der Waals surface area contributed by atoms with Crippen molar-refractivity contribution in [2.45, 2.75) is 33.7 Å². The number of nitrogens with one attached hydrogen (secondary N) is 1. The molecule has 0 saturated heterocycles. The number of hydrogen-bond donors (Lipinski definition) is 1. The third-order valence-electron chi connectivity index (χ3n) is 2.69. The van der Waals surface area contributed by atoms with E-state index >= 15 is 0 Å². The molecule has 0 heterocycles. The Morgan fingerprint density at radius 1 is 1.10 bits per heavy atom. The number of hydrogen-bond acceptors (Lipinski definition) is 3. The molecule has 1 rings (SSSR count). The van der Waals surface area contributed by atoms with Crippen LogP contribution in [0.2, 0.25) is 0 Å². The smallest absolute Gasteiger partial charge is 0.491 e. The summed E-state index contributed by atoms with van der Waals surface area (Å²) in [7, 11) is 0. The standard InChI is InChI=1S/C14H20F3NO2/c1-4-18-9-12-7-10(2)13(11(3)8-12)19-5-6-20-14(15,16)17/h7-8,18H,4-6,9H2,1-3H3. The highest BCUT2D eigenvalue weighted by atomic mass is 19.4. The maximum Gasteiger partial charge on any atom is 0.522 e. The Bertz CT molecular complexity index is 410. The monoisotopic (exact) mass is 291 g/mol. The van der Waals surface area contributed by atoms with Crippen molar-refractivity contribution in [2.75, 3.05) is 19.8 Å². The predicted octanol–water partition coefficient (Wildman–Crippen LogP) is 3.33. The van der Waals surface area contributed by atoms with Gasteiger partial charge in [0.25, 0.3) is 0 Å². The zero-order valence-electron chi connectivity index (χ0n) is 11.9. The summed E-state index contributed by atoms with van der Waals surface area (Å²) in [4.78, 5) is 0. The minimum absolute atomic E-state index is 0.131. The summed E-state index contributed by atoms with van der Waals surface area (Å²) in [6, 6.07) is 3.94. The summed E-state index contributed by atoms with van der Waals surface area (Å²) in [6.45, 7) is 6.78. The van der Waals surface area contributed by atoms with Crippen LogP contribution in [0.5, 0.6) is 5.75 Å². The molecule has 0 fully saturated rings. The van der Waals surface area contributed by atoms with Gasteiger partial charge in [-0.15, -0.1) is 13.2 Å². The van der Waals surface area contributed by atoms with Gasteiger partial charge in [0, 0.05) is 6.54 Å². The van der Waals surface area contributed by atoms with E-state index in [1.165, 1.54) is 0 Å². The molecule has 0 aliphatic carbocycles. The van der Waals surface area contributed by atoms with Crippen LogP contribution in [0, 0.1) is 13.8 Å². The Kier molecular flexibility index (Phi) is 6.29. The fraction of sp³-hybridized carbons (Fsp3) is 0.571. The molecule has 3 nitrogen and oxygen atoms in total. The summed E-state index contributed by atoms with van der Waals surface area (Å²) in [6.07, 6.45) is -4.61. The van der Waals surface area contributed by atoms with Gasteiger partial charge in [-0.3, -0.25) is 4.74 Å². The van der Waals surface area contributed by atoms with Crippen LogP contribution in [0.1, 0.15) is 23.6 Å². The molecular weight excluding hydrogens is 271 g/mol. The van der Waals surface area contributed by atoms with Crippen molar-refractivity contribution >= 4 is 0 Å². The van der Waals surface area contributed by atoms with Crippen molar-refractivity contribution in [2.24, 2.45) is 0 Å². The third kappa shape index (κ3) is 5.79. The summed E-state index contributed by atoms with van der Waals surface area (Å²) in [5.74, 6) is 0.621. The van der Waals surface area contributed by atoms with E-state index in [-0.39, 0.29) is 6.61 Å². The Hall–Kier alpha value is -1.27. The first-order chi connectivity index (χ1) is 9.33. The van der Waals surface area contributed by atoms with Gasteiger partial charge in [0.1, 0.15) is 12.4 Å². The van der Waals surface area contributed by atoms with Gasteiger partial charge in [0.15, 0.2) is 0 Å². The molecular formula is C14H20F3NO2. The zero-order valence-corrected chi connectivity index (χ0v) is 11.9. The summed E-state index contributed by atoms with van der Waals surface area (Å²) >= 11 is 0. The molecule has 0 unspecified atom stereocenters. The Labute approximate surface area is 117 Å². The van der Waals surface area contributed by atoms with Gasteiger partial charge in [-0.2, -0.15) is 0 Å². The summed E-state index contributed by atoms with van der Waals surface area (Å²) < 4.78 is 44.5. The van der Waals surface area contributed by atoms with Gasteiger partial charge >= 0.3 is 6.36 Å². The van der Waals surface area contributed by atoms with Crippen molar-refractivity contribution in [3.8, 4) is 5.75 Å². The molecule has 0 bridgehead atoms. The normalized spacial score (nSPS) is 11.7. The molecule has 0 spiro atoms. The van der Waals surface area contributed by atoms with Crippen LogP contribution < -0.4 is 10.1 Å². The average molecular weight is 291 g/mol. The van der Waals surface area contributed by atoms with Gasteiger partial charge in [0.2, 0.25) is 0 Å². The van der Waals surface area contributed by atoms with Gasteiger partial charge in [-0.25, -0.2) is 0 Å². The van der Waals surface area contributed by atoms with Crippen LogP contribution in [-0.2, 0) is 11.3 Å². The average Bonchev–Trinajstić information content (AvgIpc) is 2.33. The van der Waals surface area contributed by atoms with Crippen molar-refractivity contribution in [1.29, 1.82) is 0 Å². The predicted molar refractivity (Wildman–Crippen MR) is 70.8 cm³/mol. The van der Waals surface area contributed by atoms with Gasteiger partial charge < -0.3 is 10.1 Å². The summed E-state index contributed by atoms with van der Waals surface area (Å²) in [5, 5.41) is 3.22. The minimum atomic E-state index is -4.61. The van der Waals surface area contributed by atoms with Crippen LogP contribution in [-0.4, -0.2) is 26.1 Å². The zero-order chi connectivity index (χ0) is 15.2. The maximum atomic E-state index is 11.8. The molecule has 1 N–H and O–H groups in total. The molecule has 114 valence electrons. The van der Waals surface area contributed by atoms with Gasteiger partial charge in [0.05, 0.1) is 6.61 Å². The lowest BCUT2D eigenvalue weighted by molar-refractivity contribution is -0.325. The highest BCUT2D eigenvalue weighted by molar-refractivity contribution is 5.43. The van der Waals surface area contributed by atoms with Crippen LogP contribution in [0.15, 0.2) is 12.1 Å². The highest BCUT2D eigenvalue weighted by Gasteiger charge is 2.28. The quantitative estimate of drug-likeness (QED) is 0.782. The van der Waals surface area contributed by atoms with Crippen LogP contribution >= 0.6 is 0 Å². The highest BCUT2D eigenvalue weighted by Crippen LogP contribution is 2.25. The SMILES string of the molecule is CCNCc1cc(C)c(OCCOC(F)(F)F)c(C)c1. The van der Waals surface area contributed by atoms with E-state index in [9.17, 15) is 13.2 Å². The number of alkyl halides is 3. The van der Waals surface area contributed by atoms with Crippen molar-refractivity contribution in [1.82, 2.24) is 5.32 Å². The van der Waals surface area contributed by atoms with Gasteiger partial charge in [-0.05, 0) is 37.1 Å².